The zero-order valence-electron chi connectivity index (χ0n) is 17.4. The summed E-state index contributed by atoms with van der Waals surface area (Å²) < 4.78 is 19.0. The number of carbonyl (C=O) groups is 1. The average molecular weight is 420 g/mol. The summed E-state index contributed by atoms with van der Waals surface area (Å²) in [5.41, 5.74) is 1.67. The second-order valence-electron chi connectivity index (χ2n) is 7.82. The van der Waals surface area contributed by atoms with Crippen molar-refractivity contribution >= 4 is 5.91 Å². The Bertz CT molecular complexity index is 1000. The maximum atomic E-state index is 13.4. The summed E-state index contributed by atoms with van der Waals surface area (Å²) in [6.07, 6.45) is 4.81. The molecular formula is C24H25FN4O2. The van der Waals surface area contributed by atoms with Gasteiger partial charge in [0.1, 0.15) is 11.6 Å². The number of benzene rings is 2. The third kappa shape index (κ3) is 5.24. The third-order valence-corrected chi connectivity index (χ3v) is 5.60. The zero-order chi connectivity index (χ0) is 21.7. The van der Waals surface area contributed by atoms with Crippen LogP contribution in [0.2, 0.25) is 0 Å². The van der Waals surface area contributed by atoms with Crippen molar-refractivity contribution in [2.24, 2.45) is 0 Å². The average Bonchev–Trinajstić information content (AvgIpc) is 2.77. The fraction of sp³-hybridized carbons (Fsp3) is 0.292. The quantitative estimate of drug-likeness (QED) is 0.652. The number of halogens is 1. The normalized spacial score (nSPS) is 15.9. The van der Waals surface area contributed by atoms with Gasteiger partial charge in [0.05, 0.1) is 5.54 Å². The number of hydrogen-bond acceptors (Lipinski definition) is 5. The van der Waals surface area contributed by atoms with E-state index in [-0.39, 0.29) is 11.7 Å². The lowest BCUT2D eigenvalue weighted by Gasteiger charge is -2.42. The molecule has 1 aliphatic rings. The first-order valence-electron chi connectivity index (χ1n) is 10.3. The number of nitrogens with one attached hydrogen (secondary N) is 1. The summed E-state index contributed by atoms with van der Waals surface area (Å²) in [4.78, 5) is 22.4. The van der Waals surface area contributed by atoms with E-state index in [4.69, 9.17) is 4.74 Å². The molecule has 7 heteroatoms. The molecule has 31 heavy (non-hydrogen) atoms. The molecule has 4 rings (SSSR count). The lowest BCUT2D eigenvalue weighted by Crippen LogP contribution is -2.52. The molecule has 0 atom stereocenters. The van der Waals surface area contributed by atoms with E-state index >= 15 is 0 Å². The van der Waals surface area contributed by atoms with E-state index in [1.54, 1.807) is 30.6 Å². The predicted molar refractivity (Wildman–Crippen MR) is 115 cm³/mol. The maximum absolute atomic E-state index is 13.4. The van der Waals surface area contributed by atoms with Crippen LogP contribution in [0.4, 0.5) is 4.39 Å². The lowest BCUT2D eigenvalue weighted by atomic mass is 9.80. The van der Waals surface area contributed by atoms with Crippen LogP contribution in [-0.2, 0) is 16.9 Å². The van der Waals surface area contributed by atoms with Gasteiger partial charge in [0.2, 0.25) is 5.91 Å². The van der Waals surface area contributed by atoms with E-state index in [1.807, 2.05) is 24.3 Å². The number of ether oxygens (including phenoxy) is 1. The van der Waals surface area contributed by atoms with Crippen LogP contribution in [0.1, 0.15) is 30.9 Å². The van der Waals surface area contributed by atoms with E-state index in [2.05, 4.69) is 20.2 Å². The Hall–Kier alpha value is -3.32. The minimum atomic E-state index is -0.455. The number of likely N-dealkylation sites (tertiary alicyclic amines) is 1. The number of hydrogen-bond donors (Lipinski definition) is 1. The third-order valence-electron chi connectivity index (χ3n) is 5.60. The van der Waals surface area contributed by atoms with Crippen LogP contribution in [0, 0.1) is 5.82 Å². The number of aromatic nitrogens is 2. The topological polar surface area (TPSA) is 67.4 Å². The van der Waals surface area contributed by atoms with Gasteiger partial charge >= 0.3 is 6.01 Å². The summed E-state index contributed by atoms with van der Waals surface area (Å²) in [7, 11) is 0. The number of nitrogens with zero attached hydrogens (tertiary/aromatic N) is 3. The molecule has 0 radical (unpaired) electrons. The van der Waals surface area contributed by atoms with E-state index in [0.29, 0.717) is 11.8 Å². The highest BCUT2D eigenvalue weighted by Crippen LogP contribution is 2.34. The molecule has 2 aromatic carbocycles. The number of amides is 1. The van der Waals surface area contributed by atoms with Crippen molar-refractivity contribution in [3.05, 3.63) is 83.9 Å². The molecule has 0 spiro atoms. The Morgan fingerprint density at radius 1 is 1.06 bits per heavy atom. The van der Waals surface area contributed by atoms with Crippen LogP contribution in [0.5, 0.6) is 11.8 Å². The Kier molecular flexibility index (Phi) is 6.23. The predicted octanol–water partition coefficient (Wildman–Crippen LogP) is 4.04. The highest BCUT2D eigenvalue weighted by molar-refractivity contribution is 5.74. The van der Waals surface area contributed by atoms with Gasteiger partial charge in [-0.25, -0.2) is 14.4 Å². The van der Waals surface area contributed by atoms with Crippen molar-refractivity contribution < 1.29 is 13.9 Å². The fourth-order valence-corrected chi connectivity index (χ4v) is 4.05. The molecule has 1 N–H and O–H groups in total. The first-order valence-corrected chi connectivity index (χ1v) is 10.3. The lowest BCUT2D eigenvalue weighted by molar-refractivity contribution is -0.121. The monoisotopic (exact) mass is 420 g/mol. The van der Waals surface area contributed by atoms with Crippen LogP contribution in [0.25, 0.3) is 0 Å². The maximum Gasteiger partial charge on any atom is 0.321 e. The van der Waals surface area contributed by atoms with Gasteiger partial charge in [0.25, 0.3) is 0 Å². The van der Waals surface area contributed by atoms with Gasteiger partial charge in [0.15, 0.2) is 0 Å². The van der Waals surface area contributed by atoms with Crippen LogP contribution in [-0.4, -0.2) is 33.9 Å². The number of carbonyl (C=O) groups excluding carboxylic acids is 1. The van der Waals surface area contributed by atoms with Gasteiger partial charge in [-0.05, 0) is 54.3 Å². The van der Waals surface area contributed by atoms with Crippen LogP contribution in [0.15, 0.2) is 67.0 Å². The Morgan fingerprint density at radius 2 is 1.71 bits per heavy atom. The van der Waals surface area contributed by atoms with Gasteiger partial charge < -0.3 is 10.1 Å². The molecule has 1 aromatic heterocycles. The molecule has 3 aromatic rings. The van der Waals surface area contributed by atoms with Crippen molar-refractivity contribution in [2.75, 3.05) is 13.1 Å². The summed E-state index contributed by atoms with van der Waals surface area (Å²) in [6.45, 7) is 3.99. The second-order valence-corrected chi connectivity index (χ2v) is 7.82. The van der Waals surface area contributed by atoms with Crippen molar-refractivity contribution in [3.8, 4) is 11.8 Å². The van der Waals surface area contributed by atoms with E-state index in [9.17, 15) is 9.18 Å². The summed E-state index contributed by atoms with van der Waals surface area (Å²) in [5.74, 6) is 0.343. The van der Waals surface area contributed by atoms with Gasteiger partial charge in [-0.3, -0.25) is 9.69 Å². The zero-order valence-corrected chi connectivity index (χ0v) is 17.4. The summed E-state index contributed by atoms with van der Waals surface area (Å²) in [6, 6.07) is 16.4. The molecule has 6 nitrogen and oxygen atoms in total. The molecular weight excluding hydrogens is 395 g/mol. The van der Waals surface area contributed by atoms with Crippen molar-refractivity contribution in [1.29, 1.82) is 0 Å². The molecule has 2 heterocycles. The van der Waals surface area contributed by atoms with Crippen LogP contribution >= 0.6 is 0 Å². The highest BCUT2D eigenvalue weighted by atomic mass is 19.1. The molecule has 0 saturated carbocycles. The van der Waals surface area contributed by atoms with E-state index in [0.717, 1.165) is 38.0 Å². The molecule has 0 unspecified atom stereocenters. The van der Waals surface area contributed by atoms with Gasteiger partial charge in [-0.15, -0.1) is 0 Å². The van der Waals surface area contributed by atoms with Gasteiger partial charge in [-0.1, -0.05) is 24.3 Å². The summed E-state index contributed by atoms with van der Waals surface area (Å²) >= 11 is 0. The molecule has 1 saturated heterocycles. The minimum Gasteiger partial charge on any atom is -0.424 e. The molecule has 1 aliphatic heterocycles. The minimum absolute atomic E-state index is 0.0734. The van der Waals surface area contributed by atoms with Crippen LogP contribution in [0.3, 0.4) is 0 Å². The second kappa shape index (κ2) is 9.22. The first kappa shape index (κ1) is 20.9. The largest absolute Gasteiger partial charge is 0.424 e. The summed E-state index contributed by atoms with van der Waals surface area (Å²) in [5, 5.41) is 3.13. The molecule has 0 aliphatic carbocycles. The van der Waals surface area contributed by atoms with E-state index in [1.165, 1.54) is 24.6 Å². The Morgan fingerprint density at radius 3 is 2.32 bits per heavy atom. The first-order chi connectivity index (χ1) is 15.0. The SMILES string of the molecule is CC(=O)NC1(c2ccc(F)cc2)CCN(Cc2ccc(Oc3ncccn3)cc2)CC1. The van der Waals surface area contributed by atoms with Crippen LogP contribution < -0.4 is 10.1 Å². The van der Waals surface area contributed by atoms with Gasteiger partial charge in [0, 0.05) is 39.0 Å². The van der Waals surface area contributed by atoms with E-state index < -0.39 is 5.54 Å². The molecule has 1 amide bonds. The number of piperidine rings is 1. The van der Waals surface area contributed by atoms with Gasteiger partial charge in [-0.2, -0.15) is 0 Å². The van der Waals surface area contributed by atoms with Crippen molar-refractivity contribution in [3.63, 3.8) is 0 Å². The smallest absolute Gasteiger partial charge is 0.321 e. The molecule has 1 fully saturated rings. The molecule has 160 valence electrons. The van der Waals surface area contributed by atoms with Crippen molar-refractivity contribution in [1.82, 2.24) is 20.2 Å². The highest BCUT2D eigenvalue weighted by Gasteiger charge is 2.36. The number of rotatable bonds is 6. The molecule has 0 bridgehead atoms. The Labute approximate surface area is 181 Å². The van der Waals surface area contributed by atoms with Crippen molar-refractivity contribution in [2.45, 2.75) is 31.8 Å². The fourth-order valence-electron chi connectivity index (χ4n) is 4.05. The Balaban J connectivity index is 1.38. The standard InChI is InChI=1S/C24H25FN4O2/c1-18(30)28-24(20-5-7-21(25)8-6-20)11-15-29(16-12-24)17-19-3-9-22(10-4-19)31-23-26-13-2-14-27-23/h2-10,13-14H,11-12,15-17H2,1H3,(H,28,30).